The molecule has 0 saturated carbocycles. The van der Waals surface area contributed by atoms with E-state index >= 15 is 0 Å². The number of rotatable bonds is 3. The second-order valence-electron chi connectivity index (χ2n) is 5.80. The molecule has 5 nitrogen and oxygen atoms in total. The summed E-state index contributed by atoms with van der Waals surface area (Å²) in [7, 11) is 0. The molecule has 1 N–H and O–H groups in total. The first kappa shape index (κ1) is 15.8. The molecule has 0 fully saturated rings. The lowest BCUT2D eigenvalue weighted by Gasteiger charge is -2.19. The number of hydrogen-bond donors (Lipinski definition) is 1. The third-order valence-corrected chi connectivity index (χ3v) is 4.27. The van der Waals surface area contributed by atoms with Gasteiger partial charge in [0.15, 0.2) is 11.5 Å². The smallest absolute Gasteiger partial charge is 0.250 e. The van der Waals surface area contributed by atoms with E-state index in [0.717, 1.165) is 22.6 Å². The number of benzene rings is 2. The second-order valence-corrected chi connectivity index (χ2v) is 6.24. The van der Waals surface area contributed by atoms with Crippen LogP contribution < -0.4 is 19.5 Å². The van der Waals surface area contributed by atoms with E-state index in [4.69, 9.17) is 25.8 Å². The summed E-state index contributed by atoms with van der Waals surface area (Å²) in [5, 5.41) is 3.51. The van der Waals surface area contributed by atoms with Gasteiger partial charge in [-0.05, 0) is 42.0 Å². The van der Waals surface area contributed by atoms with Gasteiger partial charge >= 0.3 is 0 Å². The van der Waals surface area contributed by atoms with Gasteiger partial charge in [0.2, 0.25) is 0 Å². The maximum atomic E-state index is 12.4. The van der Waals surface area contributed by atoms with Crippen LogP contribution in [0.2, 0.25) is 5.02 Å². The number of halogens is 1. The van der Waals surface area contributed by atoms with Gasteiger partial charge in [0, 0.05) is 17.1 Å². The average molecular weight is 358 g/mol. The van der Waals surface area contributed by atoms with Crippen LogP contribution in [0, 0.1) is 0 Å². The molecule has 6 heteroatoms. The number of nitrogens with one attached hydrogen (secondary N) is 1. The van der Waals surface area contributed by atoms with Crippen LogP contribution in [0.3, 0.4) is 0 Å². The largest absolute Gasteiger partial charge is 0.488 e. The highest BCUT2D eigenvalue weighted by molar-refractivity contribution is 6.30. The van der Waals surface area contributed by atoms with Crippen molar-refractivity contribution in [2.75, 3.05) is 19.8 Å². The van der Waals surface area contributed by atoms with Crippen LogP contribution >= 0.6 is 11.6 Å². The van der Waals surface area contributed by atoms with Gasteiger partial charge in [0.25, 0.3) is 5.91 Å². The van der Waals surface area contributed by atoms with Crippen LogP contribution in [0.25, 0.3) is 6.08 Å². The second kappa shape index (κ2) is 6.69. The summed E-state index contributed by atoms with van der Waals surface area (Å²) >= 11 is 6.00. The minimum atomic E-state index is -0.166. The predicted molar refractivity (Wildman–Crippen MR) is 94.2 cm³/mol. The van der Waals surface area contributed by atoms with Gasteiger partial charge in [-0.1, -0.05) is 17.7 Å². The first-order valence-electron chi connectivity index (χ1n) is 7.99. The highest BCUT2D eigenvalue weighted by Crippen LogP contribution is 2.31. The lowest BCUT2D eigenvalue weighted by molar-refractivity contribution is -0.117. The van der Waals surface area contributed by atoms with E-state index in [1.807, 2.05) is 24.3 Å². The molecular weight excluding hydrogens is 342 g/mol. The molecule has 128 valence electrons. The number of carbonyl (C=O) groups excluding carboxylic acids is 1. The van der Waals surface area contributed by atoms with Gasteiger partial charge in [-0.2, -0.15) is 0 Å². The maximum absolute atomic E-state index is 12.4. The van der Waals surface area contributed by atoms with Crippen LogP contribution in [-0.4, -0.2) is 25.7 Å². The highest BCUT2D eigenvalue weighted by Gasteiger charge is 2.18. The standard InChI is InChI=1S/C19H16ClNO4/c20-15-2-4-16-13(9-15)8-14(11-25-16)19(22)21-10-12-1-3-17-18(7-12)24-6-5-23-17/h1-4,7-9H,5-6,10-11H2,(H,21,22). The molecule has 1 amide bonds. The fourth-order valence-electron chi connectivity index (χ4n) is 2.77. The molecule has 2 aromatic rings. The SMILES string of the molecule is O=C(NCc1ccc2c(c1)OCCO2)C1=Cc2cc(Cl)ccc2OC1. The summed E-state index contributed by atoms with van der Waals surface area (Å²) in [5.41, 5.74) is 2.31. The monoisotopic (exact) mass is 357 g/mol. The van der Waals surface area contributed by atoms with E-state index in [2.05, 4.69) is 5.32 Å². The number of ether oxygens (including phenoxy) is 3. The van der Waals surface area contributed by atoms with Gasteiger partial charge in [0.1, 0.15) is 25.6 Å². The van der Waals surface area contributed by atoms with Gasteiger partial charge in [-0.3, -0.25) is 4.79 Å². The Morgan fingerprint density at radius 3 is 2.68 bits per heavy atom. The van der Waals surface area contributed by atoms with Crippen molar-refractivity contribution in [1.82, 2.24) is 5.32 Å². The van der Waals surface area contributed by atoms with E-state index in [-0.39, 0.29) is 12.5 Å². The molecule has 0 spiro atoms. The van der Waals surface area contributed by atoms with Crippen molar-refractivity contribution < 1.29 is 19.0 Å². The van der Waals surface area contributed by atoms with Gasteiger partial charge in [-0.25, -0.2) is 0 Å². The van der Waals surface area contributed by atoms with Crippen LogP contribution in [0.1, 0.15) is 11.1 Å². The molecule has 4 rings (SSSR count). The molecule has 0 saturated heterocycles. The molecule has 0 unspecified atom stereocenters. The summed E-state index contributed by atoms with van der Waals surface area (Å²) in [5.74, 6) is 2.01. The third kappa shape index (κ3) is 3.42. The van der Waals surface area contributed by atoms with E-state index in [1.54, 1.807) is 18.2 Å². The first-order valence-corrected chi connectivity index (χ1v) is 8.36. The summed E-state index contributed by atoms with van der Waals surface area (Å²) < 4.78 is 16.7. The topological polar surface area (TPSA) is 56.8 Å². The van der Waals surface area contributed by atoms with Crippen LogP contribution in [-0.2, 0) is 11.3 Å². The summed E-state index contributed by atoms with van der Waals surface area (Å²) in [6.07, 6.45) is 1.81. The number of carbonyl (C=O) groups is 1. The lowest BCUT2D eigenvalue weighted by Crippen LogP contribution is -2.28. The Kier molecular flexibility index (Phi) is 4.24. The Labute approximate surface area is 150 Å². The fraction of sp³-hybridized carbons (Fsp3) is 0.211. The summed E-state index contributed by atoms with van der Waals surface area (Å²) in [6.45, 7) is 1.73. The van der Waals surface area contributed by atoms with Gasteiger partial charge in [-0.15, -0.1) is 0 Å². The van der Waals surface area contributed by atoms with Crippen molar-refractivity contribution in [2.24, 2.45) is 0 Å². The normalized spacial score (nSPS) is 14.8. The molecule has 0 radical (unpaired) electrons. The van der Waals surface area contributed by atoms with E-state index in [0.29, 0.717) is 36.1 Å². The number of fused-ring (bicyclic) bond motifs is 2. The zero-order valence-electron chi connectivity index (χ0n) is 13.4. The Morgan fingerprint density at radius 2 is 1.80 bits per heavy atom. The van der Waals surface area contributed by atoms with Gasteiger partial charge in [0.05, 0.1) is 5.57 Å². The van der Waals surface area contributed by atoms with Crippen molar-refractivity contribution in [3.63, 3.8) is 0 Å². The van der Waals surface area contributed by atoms with E-state index < -0.39 is 0 Å². The van der Waals surface area contributed by atoms with Crippen molar-refractivity contribution in [2.45, 2.75) is 6.54 Å². The van der Waals surface area contributed by atoms with Crippen molar-refractivity contribution in [3.8, 4) is 17.2 Å². The Hall–Kier alpha value is -2.66. The highest BCUT2D eigenvalue weighted by atomic mass is 35.5. The van der Waals surface area contributed by atoms with Crippen molar-refractivity contribution in [3.05, 3.63) is 58.1 Å². The van der Waals surface area contributed by atoms with Crippen molar-refractivity contribution in [1.29, 1.82) is 0 Å². The first-order chi connectivity index (χ1) is 12.2. The van der Waals surface area contributed by atoms with Crippen LogP contribution in [0.15, 0.2) is 42.0 Å². The molecule has 2 heterocycles. The zero-order valence-corrected chi connectivity index (χ0v) is 14.1. The van der Waals surface area contributed by atoms with E-state index in [1.165, 1.54) is 0 Å². The molecule has 25 heavy (non-hydrogen) atoms. The van der Waals surface area contributed by atoms with Gasteiger partial charge < -0.3 is 19.5 Å². The average Bonchev–Trinajstić information content (AvgIpc) is 2.65. The molecular formula is C19H16ClNO4. The molecule has 0 bridgehead atoms. The molecule has 0 aliphatic carbocycles. The molecule has 2 aliphatic rings. The Balaban J connectivity index is 1.44. The lowest BCUT2D eigenvalue weighted by atomic mass is 10.1. The molecule has 0 aromatic heterocycles. The molecule has 0 atom stereocenters. The summed E-state index contributed by atoms with van der Waals surface area (Å²) in [6, 6.07) is 11.0. The minimum absolute atomic E-state index is 0.166. The summed E-state index contributed by atoms with van der Waals surface area (Å²) in [4.78, 5) is 12.4. The molecule has 2 aliphatic heterocycles. The van der Waals surface area contributed by atoms with Crippen molar-refractivity contribution >= 4 is 23.6 Å². The van der Waals surface area contributed by atoms with E-state index in [9.17, 15) is 4.79 Å². The predicted octanol–water partition coefficient (Wildman–Crippen LogP) is 3.20. The zero-order chi connectivity index (χ0) is 17.2. The van der Waals surface area contributed by atoms with Crippen LogP contribution in [0.5, 0.6) is 17.2 Å². The molecule has 2 aromatic carbocycles. The number of hydrogen-bond acceptors (Lipinski definition) is 4. The Morgan fingerprint density at radius 1 is 1.00 bits per heavy atom. The Bertz CT molecular complexity index is 862. The third-order valence-electron chi connectivity index (χ3n) is 4.04. The fourth-order valence-corrected chi connectivity index (χ4v) is 2.95. The van der Waals surface area contributed by atoms with Crippen LogP contribution in [0.4, 0.5) is 0 Å². The number of amides is 1. The quantitative estimate of drug-likeness (QED) is 0.916. The minimum Gasteiger partial charge on any atom is -0.488 e. The maximum Gasteiger partial charge on any atom is 0.250 e.